The number of benzene rings is 1. The first-order valence-electron chi connectivity index (χ1n) is 5.21. The molecule has 3 heteroatoms. The van der Waals surface area contributed by atoms with Crippen LogP contribution < -0.4 is 4.90 Å². The summed E-state index contributed by atoms with van der Waals surface area (Å²) >= 11 is 0. The summed E-state index contributed by atoms with van der Waals surface area (Å²) in [7, 11) is 0. The lowest BCUT2D eigenvalue weighted by Gasteiger charge is -2.20. The van der Waals surface area contributed by atoms with Gasteiger partial charge in [-0.3, -0.25) is 4.79 Å². The summed E-state index contributed by atoms with van der Waals surface area (Å²) in [6.07, 6.45) is 1.79. The molecule has 0 aliphatic carbocycles. The zero-order valence-corrected chi connectivity index (χ0v) is 8.74. The lowest BCUT2D eigenvalue weighted by molar-refractivity contribution is 0.112. The molecule has 1 aromatic rings. The van der Waals surface area contributed by atoms with Crippen LogP contribution in [0.1, 0.15) is 23.7 Å². The Morgan fingerprint density at radius 1 is 1.53 bits per heavy atom. The molecular formula is C12H14FNO. The van der Waals surface area contributed by atoms with Crippen molar-refractivity contribution in [3.8, 4) is 0 Å². The first-order chi connectivity index (χ1) is 7.22. The third-order valence-electron chi connectivity index (χ3n) is 2.89. The molecular weight excluding hydrogens is 193 g/mol. The van der Waals surface area contributed by atoms with Gasteiger partial charge in [0.05, 0.1) is 5.69 Å². The van der Waals surface area contributed by atoms with E-state index in [0.717, 1.165) is 25.8 Å². The summed E-state index contributed by atoms with van der Waals surface area (Å²) in [5.74, 6) is 0.276. The minimum atomic E-state index is -0.297. The van der Waals surface area contributed by atoms with Gasteiger partial charge < -0.3 is 4.90 Å². The van der Waals surface area contributed by atoms with Gasteiger partial charge in [0.15, 0.2) is 6.29 Å². The molecule has 15 heavy (non-hydrogen) atoms. The molecule has 0 spiro atoms. The number of rotatable bonds is 2. The van der Waals surface area contributed by atoms with Crippen molar-refractivity contribution < 1.29 is 9.18 Å². The lowest BCUT2D eigenvalue weighted by atomic mass is 10.1. The van der Waals surface area contributed by atoms with Gasteiger partial charge in [-0.05, 0) is 24.5 Å². The van der Waals surface area contributed by atoms with Crippen LogP contribution in [0, 0.1) is 11.7 Å². The zero-order valence-electron chi connectivity index (χ0n) is 8.74. The highest BCUT2D eigenvalue weighted by Gasteiger charge is 2.23. The van der Waals surface area contributed by atoms with Crippen molar-refractivity contribution in [3.05, 3.63) is 29.6 Å². The molecule has 1 aliphatic heterocycles. The predicted octanol–water partition coefficient (Wildman–Crippen LogP) is 2.48. The molecule has 0 bridgehead atoms. The van der Waals surface area contributed by atoms with Crippen LogP contribution in [0.2, 0.25) is 0 Å². The monoisotopic (exact) mass is 207 g/mol. The molecule has 1 aliphatic rings. The van der Waals surface area contributed by atoms with Crippen molar-refractivity contribution in [3.63, 3.8) is 0 Å². The third-order valence-corrected chi connectivity index (χ3v) is 2.89. The largest absolute Gasteiger partial charge is 0.368 e. The van der Waals surface area contributed by atoms with Crippen LogP contribution in [-0.2, 0) is 0 Å². The van der Waals surface area contributed by atoms with Gasteiger partial charge >= 0.3 is 0 Å². The summed E-state index contributed by atoms with van der Waals surface area (Å²) in [5, 5.41) is 0. The quantitative estimate of drug-likeness (QED) is 0.694. The van der Waals surface area contributed by atoms with Crippen LogP contribution in [0.3, 0.4) is 0 Å². The molecule has 1 heterocycles. The minimum Gasteiger partial charge on any atom is -0.368 e. The van der Waals surface area contributed by atoms with E-state index in [1.54, 1.807) is 12.1 Å². The number of aldehydes is 1. The van der Waals surface area contributed by atoms with Crippen LogP contribution in [0.4, 0.5) is 10.1 Å². The van der Waals surface area contributed by atoms with Gasteiger partial charge in [0.25, 0.3) is 0 Å². The van der Waals surface area contributed by atoms with E-state index in [2.05, 4.69) is 6.92 Å². The second-order valence-electron chi connectivity index (χ2n) is 4.14. The fraction of sp³-hybridized carbons (Fsp3) is 0.417. The Labute approximate surface area is 88.7 Å². The number of carbonyl (C=O) groups is 1. The molecule has 1 aromatic carbocycles. The average Bonchev–Trinajstić information content (AvgIpc) is 2.64. The first kappa shape index (κ1) is 10.1. The Balaban J connectivity index is 2.37. The Bertz CT molecular complexity index is 378. The van der Waals surface area contributed by atoms with E-state index >= 15 is 0 Å². The van der Waals surface area contributed by atoms with E-state index in [0.29, 0.717) is 17.2 Å². The number of hydrogen-bond acceptors (Lipinski definition) is 2. The Kier molecular flexibility index (Phi) is 2.71. The number of carbonyl (C=O) groups excluding carboxylic acids is 1. The maximum Gasteiger partial charge on any atom is 0.152 e. The molecule has 80 valence electrons. The number of anilines is 1. The molecule has 0 radical (unpaired) electrons. The Morgan fingerprint density at radius 3 is 2.93 bits per heavy atom. The highest BCUT2D eigenvalue weighted by atomic mass is 19.1. The second kappa shape index (κ2) is 4.01. The molecule has 2 nitrogen and oxygen atoms in total. The lowest BCUT2D eigenvalue weighted by Crippen LogP contribution is -2.21. The third kappa shape index (κ3) is 1.87. The minimum absolute atomic E-state index is 0.297. The normalized spacial score (nSPS) is 20.7. The summed E-state index contributed by atoms with van der Waals surface area (Å²) in [4.78, 5) is 12.8. The maximum absolute atomic E-state index is 13.6. The van der Waals surface area contributed by atoms with Gasteiger partial charge in [-0.1, -0.05) is 13.0 Å². The van der Waals surface area contributed by atoms with Crippen molar-refractivity contribution >= 4 is 12.0 Å². The summed E-state index contributed by atoms with van der Waals surface area (Å²) in [6.45, 7) is 3.81. The SMILES string of the molecule is CC1CCN(c2c(F)cccc2C=O)C1. The summed E-state index contributed by atoms with van der Waals surface area (Å²) in [5.41, 5.74) is 0.918. The van der Waals surface area contributed by atoms with Crippen LogP contribution in [0.25, 0.3) is 0 Å². The summed E-state index contributed by atoms with van der Waals surface area (Å²) in [6, 6.07) is 4.64. The van der Waals surface area contributed by atoms with Crippen molar-refractivity contribution in [2.24, 2.45) is 5.92 Å². The maximum atomic E-state index is 13.6. The van der Waals surface area contributed by atoms with E-state index in [9.17, 15) is 9.18 Å². The van der Waals surface area contributed by atoms with Crippen LogP contribution in [0.5, 0.6) is 0 Å². The van der Waals surface area contributed by atoms with Gasteiger partial charge in [-0.2, -0.15) is 0 Å². The smallest absolute Gasteiger partial charge is 0.152 e. The number of nitrogens with zero attached hydrogens (tertiary/aromatic N) is 1. The second-order valence-corrected chi connectivity index (χ2v) is 4.14. The highest BCUT2D eigenvalue weighted by molar-refractivity contribution is 5.84. The van der Waals surface area contributed by atoms with E-state index in [-0.39, 0.29) is 5.82 Å². The molecule has 1 unspecified atom stereocenters. The van der Waals surface area contributed by atoms with E-state index in [1.807, 2.05) is 4.90 Å². The van der Waals surface area contributed by atoms with Gasteiger partial charge in [0.2, 0.25) is 0 Å². The van der Waals surface area contributed by atoms with Crippen molar-refractivity contribution in [1.29, 1.82) is 0 Å². The fourth-order valence-electron chi connectivity index (χ4n) is 2.10. The number of halogens is 1. The Hall–Kier alpha value is -1.38. The van der Waals surface area contributed by atoms with Crippen LogP contribution in [-0.4, -0.2) is 19.4 Å². The van der Waals surface area contributed by atoms with Crippen molar-refractivity contribution in [2.45, 2.75) is 13.3 Å². The van der Waals surface area contributed by atoms with Gasteiger partial charge in [0, 0.05) is 18.7 Å². The topological polar surface area (TPSA) is 20.3 Å². The van der Waals surface area contributed by atoms with E-state index < -0.39 is 0 Å². The van der Waals surface area contributed by atoms with E-state index in [1.165, 1.54) is 6.07 Å². The molecule has 0 N–H and O–H groups in total. The molecule has 1 fully saturated rings. The highest BCUT2D eigenvalue weighted by Crippen LogP contribution is 2.28. The molecule has 0 saturated carbocycles. The number of para-hydroxylation sites is 1. The first-order valence-corrected chi connectivity index (χ1v) is 5.21. The standard InChI is InChI=1S/C12H14FNO/c1-9-5-6-14(7-9)12-10(8-15)3-2-4-11(12)13/h2-4,8-9H,5-7H2,1H3. The van der Waals surface area contributed by atoms with Gasteiger partial charge in [-0.25, -0.2) is 4.39 Å². The van der Waals surface area contributed by atoms with Crippen LogP contribution >= 0.6 is 0 Å². The number of hydrogen-bond donors (Lipinski definition) is 0. The molecule has 1 atom stereocenters. The zero-order chi connectivity index (χ0) is 10.8. The molecule has 0 amide bonds. The average molecular weight is 207 g/mol. The molecule has 2 rings (SSSR count). The molecule has 1 saturated heterocycles. The van der Waals surface area contributed by atoms with Gasteiger partial charge in [0.1, 0.15) is 5.82 Å². The Morgan fingerprint density at radius 2 is 2.33 bits per heavy atom. The van der Waals surface area contributed by atoms with Crippen LogP contribution in [0.15, 0.2) is 18.2 Å². The van der Waals surface area contributed by atoms with Crippen molar-refractivity contribution in [1.82, 2.24) is 0 Å². The predicted molar refractivity (Wildman–Crippen MR) is 57.8 cm³/mol. The van der Waals surface area contributed by atoms with E-state index in [4.69, 9.17) is 0 Å². The van der Waals surface area contributed by atoms with Gasteiger partial charge in [-0.15, -0.1) is 0 Å². The fourth-order valence-corrected chi connectivity index (χ4v) is 2.10. The molecule has 0 aromatic heterocycles. The summed E-state index contributed by atoms with van der Waals surface area (Å²) < 4.78 is 13.6. The van der Waals surface area contributed by atoms with Crippen molar-refractivity contribution in [2.75, 3.05) is 18.0 Å².